The van der Waals surface area contributed by atoms with E-state index in [2.05, 4.69) is 80.8 Å². The quantitative estimate of drug-likeness (QED) is 0.229. The summed E-state index contributed by atoms with van der Waals surface area (Å²) in [6.45, 7) is 0. The number of fused-ring (bicyclic) bond motifs is 10. The van der Waals surface area contributed by atoms with Crippen LogP contribution < -0.4 is 0 Å². The lowest BCUT2D eigenvalue weighted by Crippen LogP contribution is -2.01. The van der Waals surface area contributed by atoms with E-state index in [1.54, 1.807) is 0 Å². The summed E-state index contributed by atoms with van der Waals surface area (Å²) in [7, 11) is 0. The van der Waals surface area contributed by atoms with Crippen LogP contribution in [0.2, 0.25) is 0 Å². The Morgan fingerprint density at radius 2 is 1.25 bits per heavy atom. The molecular formula is C33H19N7. The van der Waals surface area contributed by atoms with Gasteiger partial charge in [0.1, 0.15) is 17.0 Å². The Balaban J connectivity index is 1.47. The zero-order chi connectivity index (χ0) is 26.2. The van der Waals surface area contributed by atoms with E-state index in [0.717, 1.165) is 77.3 Å². The number of aromatic nitrogens is 7. The van der Waals surface area contributed by atoms with Gasteiger partial charge in [0.2, 0.25) is 0 Å². The highest BCUT2D eigenvalue weighted by atomic mass is 15.2. The fourth-order valence-electron chi connectivity index (χ4n) is 5.98. The average molecular weight is 514 g/mol. The van der Waals surface area contributed by atoms with Crippen molar-refractivity contribution < 1.29 is 0 Å². The molecular weight excluding hydrogens is 494 g/mol. The molecule has 186 valence electrons. The van der Waals surface area contributed by atoms with Crippen LogP contribution in [0, 0.1) is 0 Å². The molecule has 7 heteroatoms. The highest BCUT2D eigenvalue weighted by molar-refractivity contribution is 6.23. The fraction of sp³-hybridized carbons (Fsp3) is 0. The molecule has 0 bridgehead atoms. The van der Waals surface area contributed by atoms with Crippen molar-refractivity contribution in [2.24, 2.45) is 0 Å². The maximum absolute atomic E-state index is 5.16. The number of rotatable bonds is 2. The van der Waals surface area contributed by atoms with Crippen LogP contribution in [0.15, 0.2) is 116 Å². The van der Waals surface area contributed by atoms with Gasteiger partial charge in [-0.15, -0.1) is 10.2 Å². The first-order valence-corrected chi connectivity index (χ1v) is 13.1. The summed E-state index contributed by atoms with van der Waals surface area (Å²) < 4.78 is 4.31. The van der Waals surface area contributed by atoms with Crippen LogP contribution >= 0.6 is 0 Å². The second kappa shape index (κ2) is 7.91. The Labute approximate surface area is 227 Å². The van der Waals surface area contributed by atoms with E-state index in [-0.39, 0.29) is 0 Å². The number of hydrogen-bond acceptors (Lipinski definition) is 5. The van der Waals surface area contributed by atoms with E-state index in [1.807, 2.05) is 48.8 Å². The Bertz CT molecular complexity index is 2440. The Morgan fingerprint density at radius 3 is 2.17 bits per heavy atom. The third kappa shape index (κ3) is 2.80. The first-order valence-electron chi connectivity index (χ1n) is 13.1. The molecule has 0 aliphatic carbocycles. The largest absolute Gasteiger partial charge is 0.291 e. The van der Waals surface area contributed by atoms with E-state index in [4.69, 9.17) is 20.2 Å². The molecule has 0 saturated heterocycles. The monoisotopic (exact) mass is 513 g/mol. The summed E-state index contributed by atoms with van der Waals surface area (Å²) in [6, 6.07) is 35.0. The molecule has 7 nitrogen and oxygen atoms in total. The van der Waals surface area contributed by atoms with Crippen LogP contribution in [0.25, 0.3) is 77.3 Å². The SMILES string of the molecule is c1ccc(-n2c3ncccc3c3nnc4c(c5ccccc5n4-c4ccc5ccc6cccnc6c5n4)c32)cc1. The van der Waals surface area contributed by atoms with Gasteiger partial charge in [-0.1, -0.05) is 54.6 Å². The minimum atomic E-state index is 0.744. The van der Waals surface area contributed by atoms with Gasteiger partial charge in [-0.05, 0) is 48.5 Å². The molecule has 0 amide bonds. The van der Waals surface area contributed by atoms with Crippen molar-refractivity contribution >= 4 is 65.8 Å². The molecule has 0 fully saturated rings. The van der Waals surface area contributed by atoms with E-state index in [9.17, 15) is 0 Å². The smallest absolute Gasteiger partial charge is 0.171 e. The molecule has 0 aliphatic rings. The minimum absolute atomic E-state index is 0.744. The molecule has 6 aromatic heterocycles. The van der Waals surface area contributed by atoms with Gasteiger partial charge < -0.3 is 0 Å². The van der Waals surface area contributed by atoms with E-state index < -0.39 is 0 Å². The average Bonchev–Trinajstić information content (AvgIpc) is 3.54. The fourth-order valence-corrected chi connectivity index (χ4v) is 5.98. The second-order valence-corrected chi connectivity index (χ2v) is 9.88. The summed E-state index contributed by atoms with van der Waals surface area (Å²) in [5.74, 6) is 0.769. The van der Waals surface area contributed by atoms with Crippen LogP contribution in [-0.2, 0) is 0 Å². The lowest BCUT2D eigenvalue weighted by molar-refractivity contribution is 1.02. The van der Waals surface area contributed by atoms with E-state index >= 15 is 0 Å². The summed E-state index contributed by atoms with van der Waals surface area (Å²) in [4.78, 5) is 14.6. The van der Waals surface area contributed by atoms with Crippen molar-refractivity contribution in [2.45, 2.75) is 0 Å². The molecule has 9 aromatic rings. The third-order valence-electron chi connectivity index (χ3n) is 7.69. The molecule has 0 unspecified atom stereocenters. The molecule has 0 saturated carbocycles. The molecule has 40 heavy (non-hydrogen) atoms. The second-order valence-electron chi connectivity index (χ2n) is 9.88. The summed E-state index contributed by atoms with van der Waals surface area (Å²) in [6.07, 6.45) is 3.64. The van der Waals surface area contributed by atoms with Crippen molar-refractivity contribution in [3.8, 4) is 11.5 Å². The minimum Gasteiger partial charge on any atom is -0.291 e. The number of nitrogens with zero attached hydrogens (tertiary/aromatic N) is 7. The van der Waals surface area contributed by atoms with Crippen LogP contribution in [-0.4, -0.2) is 34.3 Å². The highest BCUT2D eigenvalue weighted by Crippen LogP contribution is 2.39. The molecule has 0 N–H and O–H groups in total. The first-order chi connectivity index (χ1) is 19.9. The molecule has 0 aliphatic heterocycles. The molecule has 0 radical (unpaired) electrons. The predicted octanol–water partition coefficient (Wildman–Crippen LogP) is 7.16. The van der Waals surface area contributed by atoms with Gasteiger partial charge in [-0.2, -0.15) is 0 Å². The Kier molecular flexibility index (Phi) is 4.20. The van der Waals surface area contributed by atoms with Gasteiger partial charge in [-0.3, -0.25) is 14.1 Å². The van der Waals surface area contributed by atoms with Crippen molar-refractivity contribution in [2.75, 3.05) is 0 Å². The maximum atomic E-state index is 5.16. The lowest BCUT2D eigenvalue weighted by atomic mass is 10.1. The molecule has 6 heterocycles. The highest BCUT2D eigenvalue weighted by Gasteiger charge is 2.23. The molecule has 0 atom stereocenters. The molecule has 0 spiro atoms. The van der Waals surface area contributed by atoms with Crippen LogP contribution in [0.4, 0.5) is 0 Å². The predicted molar refractivity (Wildman–Crippen MR) is 159 cm³/mol. The van der Waals surface area contributed by atoms with Gasteiger partial charge in [-0.25, -0.2) is 9.97 Å². The number of benzene rings is 3. The topological polar surface area (TPSA) is 74.3 Å². The van der Waals surface area contributed by atoms with Crippen LogP contribution in [0.1, 0.15) is 0 Å². The number of hydrogen-bond donors (Lipinski definition) is 0. The van der Waals surface area contributed by atoms with E-state index in [0.29, 0.717) is 0 Å². The summed E-state index contributed by atoms with van der Waals surface area (Å²) >= 11 is 0. The maximum Gasteiger partial charge on any atom is 0.171 e. The zero-order valence-corrected chi connectivity index (χ0v) is 21.1. The van der Waals surface area contributed by atoms with Crippen molar-refractivity contribution in [3.63, 3.8) is 0 Å². The zero-order valence-electron chi connectivity index (χ0n) is 21.1. The van der Waals surface area contributed by atoms with Crippen molar-refractivity contribution in [3.05, 3.63) is 116 Å². The van der Waals surface area contributed by atoms with Gasteiger partial charge in [0.25, 0.3) is 0 Å². The van der Waals surface area contributed by atoms with E-state index in [1.165, 1.54) is 0 Å². The van der Waals surface area contributed by atoms with Crippen molar-refractivity contribution in [1.82, 2.24) is 34.3 Å². The van der Waals surface area contributed by atoms with Crippen LogP contribution in [0.5, 0.6) is 0 Å². The van der Waals surface area contributed by atoms with Crippen molar-refractivity contribution in [1.29, 1.82) is 0 Å². The normalized spacial score (nSPS) is 12.0. The van der Waals surface area contributed by atoms with Gasteiger partial charge >= 0.3 is 0 Å². The first kappa shape index (κ1) is 21.3. The summed E-state index contributed by atoms with van der Waals surface area (Å²) in [5.41, 5.74) is 7.17. The molecule has 9 rings (SSSR count). The number of pyridine rings is 3. The van der Waals surface area contributed by atoms with Gasteiger partial charge in [0.05, 0.1) is 27.5 Å². The van der Waals surface area contributed by atoms with Gasteiger partial charge in [0, 0.05) is 39.6 Å². The van der Waals surface area contributed by atoms with Gasteiger partial charge in [0.15, 0.2) is 5.65 Å². The Hall–Kier alpha value is -5.69. The summed E-state index contributed by atoms with van der Waals surface area (Å²) in [5, 5.41) is 14.8. The lowest BCUT2D eigenvalue weighted by Gasteiger charge is -2.09. The third-order valence-corrected chi connectivity index (χ3v) is 7.69. The number of para-hydroxylation sites is 2. The standard InChI is InChI=1S/C33H19N7/c1-2-9-22(10-3-1)39-31-27-23-11-4-5-13-25(23)40(33(27)38-37-30(31)24-12-7-19-35-32(24)39)26-17-16-21-15-14-20-8-6-18-34-28(20)29(21)36-26/h1-19H. The Morgan fingerprint density at radius 1 is 0.500 bits per heavy atom. The molecule has 3 aromatic carbocycles. The van der Waals surface area contributed by atoms with Crippen LogP contribution in [0.3, 0.4) is 0 Å².